The summed E-state index contributed by atoms with van der Waals surface area (Å²) >= 11 is 0. The van der Waals surface area contributed by atoms with E-state index in [0.717, 1.165) is 16.8 Å². The van der Waals surface area contributed by atoms with Gasteiger partial charge < -0.3 is 15.0 Å². The number of hydrogen-bond donors (Lipinski definition) is 1. The lowest BCUT2D eigenvalue weighted by Crippen LogP contribution is -2.35. The van der Waals surface area contributed by atoms with Crippen LogP contribution in [0, 0.1) is 12.8 Å². The van der Waals surface area contributed by atoms with E-state index in [2.05, 4.69) is 25.2 Å². The maximum atomic E-state index is 12.5. The molecule has 1 aromatic rings. The van der Waals surface area contributed by atoms with Gasteiger partial charge in [-0.2, -0.15) is 0 Å². The maximum absolute atomic E-state index is 12.5. The van der Waals surface area contributed by atoms with Crippen LogP contribution in [0.25, 0.3) is 0 Å². The molecule has 1 fully saturated rings. The molecule has 1 heterocycles. The van der Waals surface area contributed by atoms with Gasteiger partial charge in [-0.25, -0.2) is 0 Å². The van der Waals surface area contributed by atoms with E-state index >= 15 is 0 Å². The maximum Gasteiger partial charge on any atom is 0.227 e. The third-order valence-electron chi connectivity index (χ3n) is 4.26. The summed E-state index contributed by atoms with van der Waals surface area (Å²) in [7, 11) is 1.60. The molecule has 1 atom stereocenters. The summed E-state index contributed by atoms with van der Waals surface area (Å²) in [5, 5.41) is 2.83. The van der Waals surface area contributed by atoms with Crippen molar-refractivity contribution in [3.8, 4) is 0 Å². The second-order valence-corrected chi connectivity index (χ2v) is 6.36. The first-order valence-corrected chi connectivity index (χ1v) is 8.12. The van der Waals surface area contributed by atoms with Crippen LogP contribution in [0.5, 0.6) is 0 Å². The van der Waals surface area contributed by atoms with Crippen molar-refractivity contribution in [2.24, 2.45) is 5.92 Å². The fourth-order valence-corrected chi connectivity index (χ4v) is 3.04. The van der Waals surface area contributed by atoms with Gasteiger partial charge in [-0.15, -0.1) is 0 Å². The normalized spacial score (nSPS) is 17.9. The van der Waals surface area contributed by atoms with Crippen LogP contribution in [0.15, 0.2) is 18.2 Å². The molecule has 23 heavy (non-hydrogen) atoms. The highest BCUT2D eigenvalue weighted by molar-refractivity contribution is 6.01. The van der Waals surface area contributed by atoms with Crippen LogP contribution < -0.4 is 10.2 Å². The molecule has 5 nitrogen and oxygen atoms in total. The number of nitrogens with zero attached hydrogens (tertiary/aromatic N) is 1. The third kappa shape index (κ3) is 3.91. The van der Waals surface area contributed by atoms with Crippen LogP contribution in [0.1, 0.15) is 37.3 Å². The average Bonchev–Trinajstić information content (AvgIpc) is 2.88. The number of amides is 2. The summed E-state index contributed by atoms with van der Waals surface area (Å²) in [6, 6.07) is 6.09. The fourth-order valence-electron chi connectivity index (χ4n) is 3.04. The van der Waals surface area contributed by atoms with E-state index in [1.165, 1.54) is 0 Å². The number of nitrogens with one attached hydrogen (secondary N) is 1. The Morgan fingerprint density at radius 1 is 1.43 bits per heavy atom. The summed E-state index contributed by atoms with van der Waals surface area (Å²) in [6.45, 7) is 7.65. The summed E-state index contributed by atoms with van der Waals surface area (Å²) < 4.78 is 4.93. The van der Waals surface area contributed by atoms with Crippen LogP contribution in [0.4, 0.5) is 5.69 Å². The van der Waals surface area contributed by atoms with Gasteiger partial charge >= 0.3 is 0 Å². The van der Waals surface area contributed by atoms with Crippen LogP contribution in [0.3, 0.4) is 0 Å². The van der Waals surface area contributed by atoms with E-state index in [-0.39, 0.29) is 24.2 Å². The molecule has 0 aliphatic carbocycles. The Morgan fingerprint density at radius 2 is 2.17 bits per heavy atom. The zero-order valence-corrected chi connectivity index (χ0v) is 14.4. The number of carbonyl (C=O) groups is 2. The summed E-state index contributed by atoms with van der Waals surface area (Å²) in [5.41, 5.74) is 3.20. The fraction of sp³-hybridized carbons (Fsp3) is 0.556. The van der Waals surface area contributed by atoms with Crippen molar-refractivity contribution in [1.82, 2.24) is 5.32 Å². The lowest BCUT2D eigenvalue weighted by Gasteiger charge is -2.24. The molecular weight excluding hydrogens is 292 g/mol. The van der Waals surface area contributed by atoms with Crippen molar-refractivity contribution in [3.63, 3.8) is 0 Å². The van der Waals surface area contributed by atoms with Gasteiger partial charge in [0.15, 0.2) is 0 Å². The van der Waals surface area contributed by atoms with Crippen LogP contribution >= 0.6 is 0 Å². The van der Waals surface area contributed by atoms with Crippen molar-refractivity contribution in [1.29, 1.82) is 0 Å². The summed E-state index contributed by atoms with van der Waals surface area (Å²) in [6.07, 6.45) is 0.269. The molecule has 0 spiro atoms. The SMILES string of the molecule is COCCNC(=O)C1CC(=O)N(c2c(C)cccc2C(C)C)C1. The summed E-state index contributed by atoms with van der Waals surface area (Å²) in [4.78, 5) is 26.5. The first-order valence-electron chi connectivity index (χ1n) is 8.12. The predicted octanol–water partition coefficient (Wildman–Crippen LogP) is 2.23. The predicted molar refractivity (Wildman–Crippen MR) is 90.6 cm³/mol. The topological polar surface area (TPSA) is 58.6 Å². The van der Waals surface area contributed by atoms with Crippen LogP contribution in [-0.2, 0) is 14.3 Å². The van der Waals surface area contributed by atoms with Crippen molar-refractivity contribution in [2.45, 2.75) is 33.1 Å². The van der Waals surface area contributed by atoms with E-state index in [0.29, 0.717) is 25.6 Å². The third-order valence-corrected chi connectivity index (χ3v) is 4.26. The molecule has 0 radical (unpaired) electrons. The second kappa shape index (κ2) is 7.59. The number of hydrogen-bond acceptors (Lipinski definition) is 3. The molecule has 1 aliphatic rings. The van der Waals surface area contributed by atoms with Gasteiger partial charge in [0.1, 0.15) is 0 Å². The number of ether oxygens (including phenoxy) is 1. The molecule has 0 saturated carbocycles. The smallest absolute Gasteiger partial charge is 0.227 e. The van der Waals surface area contributed by atoms with Gasteiger partial charge in [-0.3, -0.25) is 9.59 Å². The quantitative estimate of drug-likeness (QED) is 0.818. The van der Waals surface area contributed by atoms with Crippen molar-refractivity contribution < 1.29 is 14.3 Å². The molecule has 1 unspecified atom stereocenters. The highest BCUT2D eigenvalue weighted by atomic mass is 16.5. The number of benzene rings is 1. The highest BCUT2D eigenvalue weighted by Crippen LogP contribution is 2.34. The Labute approximate surface area is 138 Å². The van der Waals surface area contributed by atoms with Crippen molar-refractivity contribution >= 4 is 17.5 Å². The van der Waals surface area contributed by atoms with E-state index in [4.69, 9.17) is 4.74 Å². The molecule has 2 amide bonds. The number of para-hydroxylation sites is 1. The zero-order chi connectivity index (χ0) is 17.0. The number of carbonyl (C=O) groups excluding carboxylic acids is 2. The lowest BCUT2D eigenvalue weighted by atomic mass is 9.97. The Hall–Kier alpha value is -1.88. The standard InChI is InChI=1S/C18H26N2O3/c1-12(2)15-7-5-6-13(3)17(15)20-11-14(10-16(20)21)18(22)19-8-9-23-4/h5-7,12,14H,8-11H2,1-4H3,(H,19,22). The minimum absolute atomic E-state index is 0.0214. The van der Waals surface area contributed by atoms with E-state index in [1.54, 1.807) is 12.0 Å². The van der Waals surface area contributed by atoms with Crippen molar-refractivity contribution in [3.05, 3.63) is 29.3 Å². The molecule has 0 bridgehead atoms. The van der Waals surface area contributed by atoms with Gasteiger partial charge in [-0.1, -0.05) is 32.0 Å². The lowest BCUT2D eigenvalue weighted by molar-refractivity contribution is -0.126. The molecule has 2 rings (SSSR count). The van der Waals surface area contributed by atoms with E-state index < -0.39 is 0 Å². The largest absolute Gasteiger partial charge is 0.383 e. The van der Waals surface area contributed by atoms with Gasteiger partial charge in [0, 0.05) is 32.3 Å². The van der Waals surface area contributed by atoms with Gasteiger partial charge in [-0.05, 0) is 24.0 Å². The van der Waals surface area contributed by atoms with Gasteiger partial charge in [0.2, 0.25) is 11.8 Å². The number of rotatable bonds is 6. The minimum Gasteiger partial charge on any atom is -0.383 e. The van der Waals surface area contributed by atoms with E-state index in [1.807, 2.05) is 19.1 Å². The minimum atomic E-state index is -0.293. The number of anilines is 1. The van der Waals surface area contributed by atoms with Gasteiger partial charge in [0.05, 0.1) is 12.5 Å². The van der Waals surface area contributed by atoms with E-state index in [9.17, 15) is 9.59 Å². The Morgan fingerprint density at radius 3 is 2.83 bits per heavy atom. The average molecular weight is 318 g/mol. The molecule has 126 valence electrons. The molecule has 1 aromatic carbocycles. The van der Waals surface area contributed by atoms with Crippen molar-refractivity contribution in [2.75, 3.05) is 31.7 Å². The Kier molecular flexibility index (Phi) is 5.77. The van der Waals surface area contributed by atoms with Crippen LogP contribution in [0.2, 0.25) is 0 Å². The monoisotopic (exact) mass is 318 g/mol. The number of methoxy groups -OCH3 is 1. The molecule has 5 heteroatoms. The molecule has 1 N–H and O–H groups in total. The molecular formula is C18H26N2O3. The molecule has 1 aliphatic heterocycles. The Balaban J connectivity index is 2.17. The highest BCUT2D eigenvalue weighted by Gasteiger charge is 2.36. The summed E-state index contributed by atoms with van der Waals surface area (Å²) in [5.74, 6) is -0.0167. The zero-order valence-electron chi connectivity index (χ0n) is 14.4. The first kappa shape index (κ1) is 17.5. The first-order chi connectivity index (χ1) is 11.0. The number of aryl methyl sites for hydroxylation is 1. The second-order valence-electron chi connectivity index (χ2n) is 6.36. The van der Waals surface area contributed by atoms with Gasteiger partial charge in [0.25, 0.3) is 0 Å². The Bertz CT molecular complexity index is 584. The van der Waals surface area contributed by atoms with Crippen LogP contribution in [-0.4, -0.2) is 38.6 Å². The molecule has 1 saturated heterocycles. The molecule has 0 aromatic heterocycles.